The minimum absolute atomic E-state index is 0.100. The molecule has 2 aromatic rings. The summed E-state index contributed by atoms with van der Waals surface area (Å²) in [5.74, 6) is -0.207. The third-order valence-electron chi connectivity index (χ3n) is 4.55. The molecule has 0 spiro atoms. The van der Waals surface area contributed by atoms with Gasteiger partial charge in [0.05, 0.1) is 7.05 Å². The van der Waals surface area contributed by atoms with Crippen molar-refractivity contribution in [1.82, 2.24) is 0 Å². The highest BCUT2D eigenvalue weighted by Crippen LogP contribution is 2.21. The smallest absolute Gasteiger partial charge is 0.282 e. The van der Waals surface area contributed by atoms with E-state index in [2.05, 4.69) is 22.8 Å². The minimum Gasteiger partial charge on any atom is -0.321 e. The van der Waals surface area contributed by atoms with Crippen LogP contribution in [0.2, 0.25) is 0 Å². The van der Waals surface area contributed by atoms with E-state index in [0.717, 1.165) is 27.4 Å². The topological polar surface area (TPSA) is 62.6 Å². The molecule has 2 aromatic carbocycles. The summed E-state index contributed by atoms with van der Waals surface area (Å²) in [5.41, 5.74) is 4.88. The predicted octanol–water partition coefficient (Wildman–Crippen LogP) is 2.09. The van der Waals surface area contributed by atoms with E-state index in [4.69, 9.17) is 0 Å². The average Bonchev–Trinajstić information content (AvgIpc) is 2.58. The van der Waals surface area contributed by atoms with Gasteiger partial charge in [-0.15, -0.1) is 0 Å². The lowest BCUT2D eigenvalue weighted by atomic mass is 10.1. The fourth-order valence-electron chi connectivity index (χ4n) is 2.96. The number of carbonyl (C=O) groups is 2. The van der Waals surface area contributed by atoms with Crippen molar-refractivity contribution >= 4 is 23.2 Å². The maximum absolute atomic E-state index is 12.4. The normalized spacial score (nSPS) is 13.0. The van der Waals surface area contributed by atoms with Gasteiger partial charge in [-0.2, -0.15) is 0 Å². The first kappa shape index (κ1) is 19.7. The maximum atomic E-state index is 12.4. The molecule has 2 amide bonds. The molecule has 0 aliphatic heterocycles. The lowest BCUT2D eigenvalue weighted by Crippen LogP contribution is -3.14. The maximum Gasteiger partial charge on any atom is 0.282 e. The number of para-hydroxylation sites is 1. The van der Waals surface area contributed by atoms with E-state index in [-0.39, 0.29) is 24.4 Å². The molecule has 0 bridgehead atoms. The van der Waals surface area contributed by atoms with Crippen LogP contribution in [-0.2, 0) is 9.59 Å². The van der Waals surface area contributed by atoms with Gasteiger partial charge in [-0.3, -0.25) is 9.59 Å². The van der Waals surface area contributed by atoms with Crippen molar-refractivity contribution in [2.75, 3.05) is 24.2 Å². The average molecular weight is 354 g/mol. The van der Waals surface area contributed by atoms with Gasteiger partial charge in [-0.05, 0) is 51.0 Å². The SMILES string of the molecule is Cc1cc(C)c(NC(=O)C[NH+](C)[C@@H](C)C(=O)Nc2ccccc2)c(C)c1. The monoisotopic (exact) mass is 354 g/mol. The molecule has 0 aromatic heterocycles. The van der Waals surface area contributed by atoms with Gasteiger partial charge in [0.1, 0.15) is 0 Å². The zero-order chi connectivity index (χ0) is 19.3. The Kier molecular flexibility index (Phi) is 6.52. The highest BCUT2D eigenvalue weighted by atomic mass is 16.2. The van der Waals surface area contributed by atoms with Gasteiger partial charge in [-0.25, -0.2) is 0 Å². The van der Waals surface area contributed by atoms with Crippen molar-refractivity contribution < 1.29 is 14.5 Å². The second-order valence-electron chi connectivity index (χ2n) is 6.92. The summed E-state index contributed by atoms with van der Waals surface area (Å²) < 4.78 is 0. The molecule has 3 N–H and O–H groups in total. The number of anilines is 2. The third kappa shape index (κ3) is 5.17. The number of hydrogen-bond donors (Lipinski definition) is 3. The number of quaternary nitrogens is 1. The summed E-state index contributed by atoms with van der Waals surface area (Å²) in [7, 11) is 1.85. The molecule has 138 valence electrons. The van der Waals surface area contributed by atoms with E-state index >= 15 is 0 Å². The molecule has 26 heavy (non-hydrogen) atoms. The molecule has 0 saturated carbocycles. The minimum atomic E-state index is -0.346. The summed E-state index contributed by atoms with van der Waals surface area (Å²) in [5, 5.41) is 5.87. The first-order valence-electron chi connectivity index (χ1n) is 8.84. The molecule has 0 fully saturated rings. The zero-order valence-electron chi connectivity index (χ0n) is 16.1. The van der Waals surface area contributed by atoms with Gasteiger partial charge in [0.15, 0.2) is 12.6 Å². The van der Waals surface area contributed by atoms with E-state index < -0.39 is 0 Å². The number of amides is 2. The van der Waals surface area contributed by atoms with Crippen LogP contribution in [0.3, 0.4) is 0 Å². The van der Waals surface area contributed by atoms with E-state index in [1.165, 1.54) is 5.56 Å². The van der Waals surface area contributed by atoms with Crippen LogP contribution >= 0.6 is 0 Å². The number of rotatable bonds is 6. The van der Waals surface area contributed by atoms with Crippen LogP contribution in [0.4, 0.5) is 11.4 Å². The number of carbonyl (C=O) groups excluding carboxylic acids is 2. The third-order valence-corrected chi connectivity index (χ3v) is 4.55. The number of aryl methyl sites for hydroxylation is 3. The number of likely N-dealkylation sites (N-methyl/N-ethyl adjacent to an activating group) is 1. The second-order valence-corrected chi connectivity index (χ2v) is 6.92. The van der Waals surface area contributed by atoms with E-state index in [0.29, 0.717) is 0 Å². The molecule has 0 aliphatic rings. The van der Waals surface area contributed by atoms with E-state index in [9.17, 15) is 9.59 Å². The van der Waals surface area contributed by atoms with Crippen molar-refractivity contribution in [2.24, 2.45) is 0 Å². The summed E-state index contributed by atoms with van der Waals surface area (Å²) in [4.78, 5) is 25.6. The Hall–Kier alpha value is -2.66. The van der Waals surface area contributed by atoms with Crippen LogP contribution < -0.4 is 15.5 Å². The summed E-state index contributed by atoms with van der Waals surface area (Å²) in [6.45, 7) is 8.06. The number of benzene rings is 2. The molecular weight excluding hydrogens is 326 g/mol. The van der Waals surface area contributed by atoms with Gasteiger partial charge in [0, 0.05) is 11.4 Å². The Labute approximate surface area is 155 Å². The van der Waals surface area contributed by atoms with Gasteiger partial charge in [-0.1, -0.05) is 35.9 Å². The van der Waals surface area contributed by atoms with Crippen molar-refractivity contribution in [3.8, 4) is 0 Å². The zero-order valence-corrected chi connectivity index (χ0v) is 16.1. The lowest BCUT2D eigenvalue weighted by Gasteiger charge is -2.21. The van der Waals surface area contributed by atoms with Crippen LogP contribution in [0.25, 0.3) is 0 Å². The quantitative estimate of drug-likeness (QED) is 0.744. The fraction of sp³-hybridized carbons (Fsp3) is 0.333. The van der Waals surface area contributed by atoms with Crippen LogP contribution in [0.5, 0.6) is 0 Å². The Morgan fingerprint density at radius 2 is 1.58 bits per heavy atom. The Morgan fingerprint density at radius 1 is 1.00 bits per heavy atom. The van der Waals surface area contributed by atoms with E-state index in [1.807, 2.05) is 65.1 Å². The predicted molar refractivity (Wildman–Crippen MR) is 106 cm³/mol. The molecule has 2 rings (SSSR count). The molecule has 2 atom stereocenters. The molecule has 1 unspecified atom stereocenters. The van der Waals surface area contributed by atoms with Crippen LogP contribution in [0.15, 0.2) is 42.5 Å². The first-order valence-corrected chi connectivity index (χ1v) is 8.84. The summed E-state index contributed by atoms with van der Waals surface area (Å²) >= 11 is 0. The van der Waals surface area contributed by atoms with Gasteiger partial charge in [0.2, 0.25) is 0 Å². The van der Waals surface area contributed by atoms with Crippen LogP contribution in [-0.4, -0.2) is 31.4 Å². The lowest BCUT2D eigenvalue weighted by molar-refractivity contribution is -0.885. The molecular formula is C21H28N3O2+. The van der Waals surface area contributed by atoms with Crippen LogP contribution in [0, 0.1) is 20.8 Å². The summed E-state index contributed by atoms with van der Waals surface area (Å²) in [6.07, 6.45) is 0. The molecule has 0 aliphatic carbocycles. The fourth-order valence-corrected chi connectivity index (χ4v) is 2.96. The molecule has 0 saturated heterocycles. The number of nitrogens with one attached hydrogen (secondary N) is 3. The van der Waals surface area contributed by atoms with Crippen molar-refractivity contribution in [2.45, 2.75) is 33.7 Å². The second kappa shape index (κ2) is 8.63. The van der Waals surface area contributed by atoms with Crippen molar-refractivity contribution in [3.63, 3.8) is 0 Å². The van der Waals surface area contributed by atoms with Crippen molar-refractivity contribution in [3.05, 3.63) is 59.2 Å². The molecule has 5 heteroatoms. The van der Waals surface area contributed by atoms with Gasteiger partial charge in [0.25, 0.3) is 11.8 Å². The van der Waals surface area contributed by atoms with Crippen LogP contribution in [0.1, 0.15) is 23.6 Å². The van der Waals surface area contributed by atoms with Crippen molar-refractivity contribution in [1.29, 1.82) is 0 Å². The van der Waals surface area contributed by atoms with Gasteiger partial charge < -0.3 is 15.5 Å². The molecule has 0 radical (unpaired) electrons. The standard InChI is InChI=1S/C21H27N3O2/c1-14-11-15(2)20(16(3)12-14)23-19(25)13-24(5)17(4)21(26)22-18-9-7-6-8-10-18/h6-12,17H,13H2,1-5H3,(H,22,26)(H,23,25)/p+1/t17-/m0/s1. The largest absolute Gasteiger partial charge is 0.321 e. The Bertz CT molecular complexity index is 764. The Morgan fingerprint density at radius 3 is 2.15 bits per heavy atom. The van der Waals surface area contributed by atoms with Gasteiger partial charge >= 0.3 is 0 Å². The Balaban J connectivity index is 1.95. The van der Waals surface area contributed by atoms with E-state index in [1.54, 1.807) is 0 Å². The number of hydrogen-bond acceptors (Lipinski definition) is 2. The first-order chi connectivity index (χ1) is 12.3. The highest BCUT2D eigenvalue weighted by molar-refractivity contribution is 5.95. The highest BCUT2D eigenvalue weighted by Gasteiger charge is 2.24. The molecule has 5 nitrogen and oxygen atoms in total. The summed E-state index contributed by atoms with van der Waals surface area (Å²) in [6, 6.07) is 13.1. The molecule has 0 heterocycles.